The van der Waals surface area contributed by atoms with Crippen LogP contribution in [0.5, 0.6) is 0 Å². The van der Waals surface area contributed by atoms with Gasteiger partial charge in [-0.3, -0.25) is 0 Å². The van der Waals surface area contributed by atoms with Gasteiger partial charge in [-0.1, -0.05) is 234 Å². The second kappa shape index (κ2) is 36.1. The van der Waals surface area contributed by atoms with Gasteiger partial charge in [0.2, 0.25) is 0 Å². The van der Waals surface area contributed by atoms with Crippen LogP contribution in [0.3, 0.4) is 0 Å². The highest BCUT2D eigenvalue weighted by Crippen LogP contribution is 2.47. The Balaban J connectivity index is 1.16. The Labute approximate surface area is 560 Å². The fraction of sp³-hybridized carbons (Fsp3) is 0.0370. The SMILES string of the molecule is C#CC#CC#CC#CSOOOC(c1ccccc1)(c1ccccc1)c1ccc(N(c2ccc(C(OOOSC#CC#CC#CC#C)(c3ccccc3)c3ccccc3)cc2)c2ccc(C(OOOSC#CC#CC#CC#C)(c3ccccc3)c3ccccc3)cc2)cc1. The standard InChI is InChI=1S/C81H45NO9S3/c1-4-7-10-13-16-37-64-92-89-86-83-79(67-40-25-19-26-41-67,68-42-27-20-28-43-68)73-52-58-76(59-53-73)82(77-60-54-74(55-61-77)80(69-44-29-21-30-45-69,70-46-31-22-32-47-70)84-87-90-93-65-38-17-14-11-8-5-2)78-62-56-75(57-63-78)81(71-48-33-23-34-49-71,72-50-35-24-36-51-72)85-88-91-94-66-39-18-15-12-9-6-3/h1-3,19-36,40-63H. The number of terminal acetylenes is 3. The molecule has 0 bridgehead atoms. The second-order valence-electron chi connectivity index (χ2n) is 18.7. The van der Waals surface area contributed by atoms with Gasteiger partial charge in [0.05, 0.1) is 0 Å². The Morgan fingerprint density at radius 1 is 0.234 bits per heavy atom. The number of rotatable bonds is 24. The molecule has 0 radical (unpaired) electrons. The van der Waals surface area contributed by atoms with E-state index < -0.39 is 16.8 Å². The largest absolute Gasteiger partial charge is 0.311 e. The number of anilines is 3. The predicted molar refractivity (Wildman–Crippen MR) is 368 cm³/mol. The van der Waals surface area contributed by atoms with Gasteiger partial charge in [0, 0.05) is 50.6 Å². The molecule has 0 aliphatic rings. The highest BCUT2D eigenvalue weighted by molar-refractivity contribution is 7.99. The Bertz CT molecular complexity index is 4150. The summed E-state index contributed by atoms with van der Waals surface area (Å²) >= 11 is 2.04. The van der Waals surface area contributed by atoms with Gasteiger partial charge >= 0.3 is 0 Å². The van der Waals surface area contributed by atoms with Crippen molar-refractivity contribution in [3.63, 3.8) is 0 Å². The summed E-state index contributed by atoms with van der Waals surface area (Å²) in [6.07, 6.45) is 15.6. The first kappa shape index (κ1) is 66.6. The minimum atomic E-state index is -1.41. The molecule has 0 aromatic heterocycles. The quantitative estimate of drug-likeness (QED) is 0.0144. The van der Waals surface area contributed by atoms with Crippen molar-refractivity contribution in [3.8, 4) is 142 Å². The van der Waals surface area contributed by atoms with Crippen LogP contribution in [-0.2, 0) is 59.6 Å². The zero-order valence-electron chi connectivity index (χ0n) is 49.3. The maximum absolute atomic E-state index is 6.48. The summed E-state index contributed by atoms with van der Waals surface area (Å²) in [5.74, 6) is 44.7. The highest BCUT2D eigenvalue weighted by atomic mass is 32.2. The smallest absolute Gasteiger partial charge is 0.182 e. The molecule has 0 heterocycles. The van der Waals surface area contributed by atoms with Crippen molar-refractivity contribution in [3.05, 3.63) is 305 Å². The fourth-order valence-corrected chi connectivity index (χ4v) is 10.3. The Morgan fingerprint density at radius 2 is 0.426 bits per heavy atom. The summed E-state index contributed by atoms with van der Waals surface area (Å²) < 4.78 is 16.3. The third-order valence-electron chi connectivity index (χ3n) is 13.6. The molecule has 0 spiro atoms. The zero-order chi connectivity index (χ0) is 65.0. The summed E-state index contributed by atoms with van der Waals surface area (Å²) in [5, 5.41) is 24.9. The number of benzene rings is 9. The molecule has 446 valence electrons. The third-order valence-corrected chi connectivity index (χ3v) is 14.5. The fourth-order valence-electron chi connectivity index (χ4n) is 9.77. The Hall–Kier alpha value is -11.8. The molecule has 9 rings (SSSR count). The number of nitrogens with zero attached hydrogens (tertiary/aromatic N) is 1. The van der Waals surface area contributed by atoms with E-state index in [1.807, 2.05) is 255 Å². The van der Waals surface area contributed by atoms with E-state index in [2.05, 4.69) is 127 Å². The maximum Gasteiger partial charge on any atom is 0.182 e. The third kappa shape index (κ3) is 17.2. The molecule has 94 heavy (non-hydrogen) atoms. The summed E-state index contributed by atoms with van der Waals surface area (Å²) in [4.78, 5) is 21.5. The van der Waals surface area contributed by atoms with E-state index >= 15 is 0 Å². The molecule has 9 aromatic rings. The van der Waals surface area contributed by atoms with Crippen molar-refractivity contribution in [2.24, 2.45) is 0 Å². The molecule has 0 atom stereocenters. The molecule has 0 unspecified atom stereocenters. The Kier molecular flexibility index (Phi) is 25.6. The average Bonchev–Trinajstić information content (AvgIpc) is 0.770. The van der Waals surface area contributed by atoms with Crippen LogP contribution in [0.2, 0.25) is 0 Å². The lowest BCUT2D eigenvalue weighted by Gasteiger charge is -2.35. The minimum Gasteiger partial charge on any atom is -0.311 e. The molecular formula is C81H45NO9S3. The maximum atomic E-state index is 6.48. The second-order valence-corrected chi connectivity index (χ2v) is 20.3. The zero-order valence-corrected chi connectivity index (χ0v) is 51.8. The highest BCUT2D eigenvalue weighted by Gasteiger charge is 2.43. The first-order chi connectivity index (χ1) is 46.6. The van der Waals surface area contributed by atoms with Gasteiger partial charge in [-0.15, -0.1) is 32.3 Å². The molecule has 0 aliphatic heterocycles. The van der Waals surface area contributed by atoms with E-state index in [0.717, 1.165) is 50.4 Å². The van der Waals surface area contributed by atoms with Crippen LogP contribution < -0.4 is 4.90 Å². The first-order valence-corrected chi connectivity index (χ1v) is 30.2. The van der Waals surface area contributed by atoms with Crippen LogP contribution in [0.4, 0.5) is 17.1 Å². The van der Waals surface area contributed by atoms with Crippen LogP contribution in [0.25, 0.3) is 0 Å². The van der Waals surface area contributed by atoms with E-state index in [4.69, 9.17) is 62.0 Å². The lowest BCUT2D eigenvalue weighted by atomic mass is 9.80. The minimum absolute atomic E-state index is 0.680. The van der Waals surface area contributed by atoms with E-state index in [1.165, 1.54) is 0 Å². The number of hydrogen-bond acceptors (Lipinski definition) is 13. The van der Waals surface area contributed by atoms with E-state index in [1.54, 1.807) is 0 Å². The molecule has 0 N–H and O–H groups in total. The monoisotopic (exact) mass is 1270 g/mol. The van der Waals surface area contributed by atoms with Crippen molar-refractivity contribution in [1.29, 1.82) is 0 Å². The Morgan fingerprint density at radius 3 is 0.638 bits per heavy atom. The normalized spacial score (nSPS) is 10.1. The van der Waals surface area contributed by atoms with Gasteiger partial charge in [0.25, 0.3) is 0 Å². The molecule has 10 nitrogen and oxygen atoms in total. The molecule has 0 saturated carbocycles. The van der Waals surface area contributed by atoms with E-state index in [9.17, 15) is 0 Å². The van der Waals surface area contributed by atoms with Crippen LogP contribution in [0.1, 0.15) is 50.1 Å². The van der Waals surface area contributed by atoms with Crippen molar-refractivity contribution < 1.29 is 42.8 Å². The van der Waals surface area contributed by atoms with Crippen molar-refractivity contribution in [2.75, 3.05) is 4.90 Å². The average molecular weight is 1270 g/mol. The van der Waals surface area contributed by atoms with Gasteiger partial charge in [-0.2, -0.15) is 14.7 Å². The lowest BCUT2D eigenvalue weighted by Crippen LogP contribution is -2.33. The van der Waals surface area contributed by atoms with Crippen LogP contribution in [0.15, 0.2) is 255 Å². The van der Waals surface area contributed by atoms with Crippen LogP contribution in [-0.4, -0.2) is 0 Å². The molecule has 0 saturated heterocycles. The van der Waals surface area contributed by atoms with Crippen molar-refractivity contribution in [1.82, 2.24) is 0 Å². The van der Waals surface area contributed by atoms with E-state index in [-0.39, 0.29) is 0 Å². The predicted octanol–water partition coefficient (Wildman–Crippen LogP) is 15.4. The van der Waals surface area contributed by atoms with Crippen molar-refractivity contribution >= 4 is 53.2 Å². The van der Waals surface area contributed by atoms with Gasteiger partial charge in [-0.25, -0.2) is 0 Å². The lowest BCUT2D eigenvalue weighted by molar-refractivity contribution is -0.490. The molecule has 13 heteroatoms. The summed E-state index contributed by atoms with van der Waals surface area (Å²) in [5.41, 5.74) is 4.42. The van der Waals surface area contributed by atoms with Crippen LogP contribution >= 0.6 is 36.1 Å². The van der Waals surface area contributed by atoms with Gasteiger partial charge < -0.3 is 4.90 Å². The summed E-state index contributed by atoms with van der Waals surface area (Å²) in [7, 11) is 0. The molecule has 0 fully saturated rings. The molecular weight excluding hydrogens is 1230 g/mol. The summed E-state index contributed by atoms with van der Waals surface area (Å²) in [6, 6.07) is 81.8. The van der Waals surface area contributed by atoms with Gasteiger partial charge in [-0.05, 0) is 175 Å². The topological polar surface area (TPSA) is 86.3 Å². The van der Waals surface area contributed by atoms with Crippen LogP contribution in [0, 0.1) is 142 Å². The van der Waals surface area contributed by atoms with Gasteiger partial charge in [0.15, 0.2) is 16.8 Å². The summed E-state index contributed by atoms with van der Waals surface area (Å²) in [6.45, 7) is 0. The van der Waals surface area contributed by atoms with Crippen molar-refractivity contribution in [2.45, 2.75) is 16.8 Å². The van der Waals surface area contributed by atoms with Gasteiger partial charge in [0.1, 0.15) is 36.1 Å². The molecule has 0 amide bonds. The molecule has 0 aliphatic carbocycles. The molecule has 9 aromatic carbocycles. The van der Waals surface area contributed by atoms with E-state index in [0.29, 0.717) is 52.8 Å². The number of hydrogen-bond donors (Lipinski definition) is 0. The first-order valence-electron chi connectivity index (χ1n) is 27.9.